The van der Waals surface area contributed by atoms with Crippen LogP contribution in [0.2, 0.25) is 0 Å². The Kier molecular flexibility index (Phi) is 5.67. The predicted molar refractivity (Wildman–Crippen MR) is 98.3 cm³/mol. The molecule has 0 unspecified atom stereocenters. The van der Waals surface area contributed by atoms with E-state index in [9.17, 15) is 4.79 Å². The molecule has 0 saturated carbocycles. The SMILES string of the molecule is Cc1ccccc1CCC(=O)N1CCCc2c(N)cccc21.Cl. The minimum atomic E-state index is 0. The summed E-state index contributed by atoms with van der Waals surface area (Å²) >= 11 is 0. The van der Waals surface area contributed by atoms with E-state index in [2.05, 4.69) is 19.1 Å². The van der Waals surface area contributed by atoms with Crippen LogP contribution in [-0.4, -0.2) is 12.5 Å². The van der Waals surface area contributed by atoms with Crippen LogP contribution >= 0.6 is 12.4 Å². The quantitative estimate of drug-likeness (QED) is 0.867. The Balaban J connectivity index is 0.00000192. The number of carbonyl (C=O) groups is 1. The van der Waals surface area contributed by atoms with Gasteiger partial charge < -0.3 is 10.6 Å². The van der Waals surface area contributed by atoms with Crippen LogP contribution in [-0.2, 0) is 17.6 Å². The molecule has 0 spiro atoms. The van der Waals surface area contributed by atoms with Crippen molar-refractivity contribution in [2.75, 3.05) is 17.2 Å². The van der Waals surface area contributed by atoms with Gasteiger partial charge >= 0.3 is 0 Å². The summed E-state index contributed by atoms with van der Waals surface area (Å²) in [4.78, 5) is 14.6. The summed E-state index contributed by atoms with van der Waals surface area (Å²) in [5.74, 6) is 0.190. The van der Waals surface area contributed by atoms with Gasteiger partial charge in [0.2, 0.25) is 5.91 Å². The number of nitrogens with two attached hydrogens (primary N) is 1. The summed E-state index contributed by atoms with van der Waals surface area (Å²) in [5, 5.41) is 0. The molecule has 122 valence electrons. The first-order valence-electron chi connectivity index (χ1n) is 7.89. The molecule has 4 heteroatoms. The van der Waals surface area contributed by atoms with E-state index in [1.54, 1.807) is 0 Å². The molecule has 3 rings (SSSR count). The van der Waals surface area contributed by atoms with Gasteiger partial charge in [-0.2, -0.15) is 0 Å². The molecule has 0 aromatic heterocycles. The number of anilines is 2. The standard InChI is InChI=1S/C19H22N2O.ClH/c1-14-6-2-3-7-15(14)11-12-19(22)21-13-5-8-16-17(20)9-4-10-18(16)21;/h2-4,6-7,9-10H,5,8,11-13,20H2,1H3;1H. The van der Waals surface area contributed by atoms with Gasteiger partial charge in [-0.3, -0.25) is 4.79 Å². The zero-order valence-corrected chi connectivity index (χ0v) is 14.2. The van der Waals surface area contributed by atoms with Crippen LogP contribution in [0.4, 0.5) is 11.4 Å². The second-order valence-corrected chi connectivity index (χ2v) is 5.92. The number of aryl methyl sites for hydroxylation is 2. The highest BCUT2D eigenvalue weighted by Gasteiger charge is 2.23. The lowest BCUT2D eigenvalue weighted by Gasteiger charge is -2.30. The highest BCUT2D eigenvalue weighted by molar-refractivity contribution is 5.95. The van der Waals surface area contributed by atoms with Crippen molar-refractivity contribution in [3.8, 4) is 0 Å². The molecule has 0 bridgehead atoms. The zero-order valence-electron chi connectivity index (χ0n) is 13.4. The second-order valence-electron chi connectivity index (χ2n) is 5.92. The van der Waals surface area contributed by atoms with Gasteiger partial charge in [-0.05, 0) is 55.0 Å². The third-order valence-electron chi connectivity index (χ3n) is 4.46. The smallest absolute Gasteiger partial charge is 0.227 e. The van der Waals surface area contributed by atoms with Gasteiger partial charge in [-0.25, -0.2) is 0 Å². The summed E-state index contributed by atoms with van der Waals surface area (Å²) in [6.07, 6.45) is 3.28. The highest BCUT2D eigenvalue weighted by Crippen LogP contribution is 2.31. The lowest BCUT2D eigenvalue weighted by molar-refractivity contribution is -0.118. The molecule has 0 aliphatic carbocycles. The van der Waals surface area contributed by atoms with E-state index >= 15 is 0 Å². The fraction of sp³-hybridized carbons (Fsp3) is 0.316. The van der Waals surface area contributed by atoms with Crippen LogP contribution in [0.3, 0.4) is 0 Å². The number of hydrogen-bond donors (Lipinski definition) is 1. The van der Waals surface area contributed by atoms with Gasteiger partial charge in [0, 0.05) is 24.3 Å². The maximum Gasteiger partial charge on any atom is 0.227 e. The Labute approximate surface area is 143 Å². The molecule has 0 saturated heterocycles. The number of nitrogen functional groups attached to an aromatic ring is 1. The van der Waals surface area contributed by atoms with Crippen molar-refractivity contribution < 1.29 is 4.79 Å². The van der Waals surface area contributed by atoms with Crippen molar-refractivity contribution in [1.29, 1.82) is 0 Å². The molecule has 2 aromatic rings. The Morgan fingerprint density at radius 2 is 1.96 bits per heavy atom. The van der Waals surface area contributed by atoms with Crippen LogP contribution in [0.1, 0.15) is 29.5 Å². The maximum atomic E-state index is 12.6. The van der Waals surface area contributed by atoms with Gasteiger partial charge in [0.05, 0.1) is 0 Å². The van der Waals surface area contributed by atoms with Crippen molar-refractivity contribution in [3.05, 3.63) is 59.2 Å². The van der Waals surface area contributed by atoms with Gasteiger partial charge in [-0.1, -0.05) is 30.3 Å². The van der Waals surface area contributed by atoms with Crippen molar-refractivity contribution in [2.45, 2.75) is 32.6 Å². The molecule has 0 atom stereocenters. The number of carbonyl (C=O) groups excluding carboxylic acids is 1. The molecular weight excluding hydrogens is 308 g/mol. The van der Waals surface area contributed by atoms with Gasteiger partial charge in [0.15, 0.2) is 0 Å². The lowest BCUT2D eigenvalue weighted by atomic mass is 9.98. The van der Waals surface area contributed by atoms with Gasteiger partial charge in [0.1, 0.15) is 0 Å². The minimum absolute atomic E-state index is 0. The van der Waals surface area contributed by atoms with E-state index in [-0.39, 0.29) is 18.3 Å². The number of halogens is 1. The number of benzene rings is 2. The van der Waals surface area contributed by atoms with Crippen LogP contribution in [0.5, 0.6) is 0 Å². The number of hydrogen-bond acceptors (Lipinski definition) is 2. The minimum Gasteiger partial charge on any atom is -0.398 e. The molecule has 1 aliphatic rings. The molecule has 1 aliphatic heterocycles. The highest BCUT2D eigenvalue weighted by atomic mass is 35.5. The Morgan fingerprint density at radius 1 is 1.17 bits per heavy atom. The van der Waals surface area contributed by atoms with Crippen LogP contribution in [0.15, 0.2) is 42.5 Å². The molecule has 1 amide bonds. The van der Waals surface area contributed by atoms with Crippen LogP contribution < -0.4 is 10.6 Å². The third kappa shape index (κ3) is 3.67. The Hall–Kier alpha value is -2.00. The fourth-order valence-electron chi connectivity index (χ4n) is 3.18. The van der Waals surface area contributed by atoms with E-state index in [0.29, 0.717) is 6.42 Å². The molecule has 1 heterocycles. The van der Waals surface area contributed by atoms with Crippen molar-refractivity contribution in [1.82, 2.24) is 0 Å². The molecule has 3 nitrogen and oxygen atoms in total. The molecule has 0 radical (unpaired) electrons. The summed E-state index contributed by atoms with van der Waals surface area (Å²) in [6, 6.07) is 14.1. The number of nitrogens with zero attached hydrogens (tertiary/aromatic N) is 1. The van der Waals surface area contributed by atoms with Crippen molar-refractivity contribution >= 4 is 29.7 Å². The first-order chi connectivity index (χ1) is 10.7. The molecule has 23 heavy (non-hydrogen) atoms. The first-order valence-corrected chi connectivity index (χ1v) is 7.89. The van der Waals surface area contributed by atoms with Gasteiger partial charge in [-0.15, -0.1) is 12.4 Å². The number of rotatable bonds is 3. The second kappa shape index (κ2) is 7.51. The van der Waals surface area contributed by atoms with Gasteiger partial charge in [0.25, 0.3) is 0 Å². The van der Waals surface area contributed by atoms with Crippen molar-refractivity contribution in [2.24, 2.45) is 0 Å². The third-order valence-corrected chi connectivity index (χ3v) is 4.46. The molecule has 2 aromatic carbocycles. The average Bonchev–Trinajstić information content (AvgIpc) is 2.54. The monoisotopic (exact) mass is 330 g/mol. The zero-order chi connectivity index (χ0) is 15.5. The average molecular weight is 331 g/mol. The van der Waals surface area contributed by atoms with E-state index in [1.807, 2.05) is 35.2 Å². The van der Waals surface area contributed by atoms with E-state index in [4.69, 9.17) is 5.73 Å². The van der Waals surface area contributed by atoms with Crippen LogP contribution in [0.25, 0.3) is 0 Å². The van der Waals surface area contributed by atoms with E-state index in [0.717, 1.165) is 42.7 Å². The largest absolute Gasteiger partial charge is 0.398 e. The lowest BCUT2D eigenvalue weighted by Crippen LogP contribution is -2.35. The fourth-order valence-corrected chi connectivity index (χ4v) is 3.18. The first kappa shape index (κ1) is 17.4. The molecule has 2 N–H and O–H groups in total. The molecule has 0 fully saturated rings. The summed E-state index contributed by atoms with van der Waals surface area (Å²) < 4.78 is 0. The van der Waals surface area contributed by atoms with Crippen molar-refractivity contribution in [3.63, 3.8) is 0 Å². The molecular formula is C19H23ClN2O. The summed E-state index contributed by atoms with van der Waals surface area (Å²) in [6.45, 7) is 2.89. The summed E-state index contributed by atoms with van der Waals surface area (Å²) in [5.41, 5.74) is 11.5. The van der Waals surface area contributed by atoms with Crippen LogP contribution in [0, 0.1) is 6.92 Å². The Bertz CT molecular complexity index is 700. The topological polar surface area (TPSA) is 46.3 Å². The number of amides is 1. The summed E-state index contributed by atoms with van der Waals surface area (Å²) in [7, 11) is 0. The van der Waals surface area contributed by atoms with E-state index < -0.39 is 0 Å². The number of fused-ring (bicyclic) bond motifs is 1. The Morgan fingerprint density at radius 3 is 2.74 bits per heavy atom. The predicted octanol–water partition coefficient (Wildman–Crippen LogP) is 3.91. The maximum absolute atomic E-state index is 12.6. The normalized spacial score (nSPS) is 13.2. The van der Waals surface area contributed by atoms with E-state index in [1.165, 1.54) is 11.1 Å².